The molecule has 1 unspecified atom stereocenters. The SMILES string of the molecule is CC1CCCN(C(C)(C)CNC(=O)C2(CN)CCOCC2)C1. The summed E-state index contributed by atoms with van der Waals surface area (Å²) < 4.78 is 5.39. The van der Waals surface area contributed by atoms with Crippen LogP contribution in [0.3, 0.4) is 0 Å². The van der Waals surface area contributed by atoms with Crippen molar-refractivity contribution in [2.75, 3.05) is 39.4 Å². The normalized spacial score (nSPS) is 26.6. The van der Waals surface area contributed by atoms with E-state index in [0.29, 0.717) is 26.3 Å². The summed E-state index contributed by atoms with van der Waals surface area (Å²) >= 11 is 0. The van der Waals surface area contributed by atoms with Crippen LogP contribution in [0.5, 0.6) is 0 Å². The van der Waals surface area contributed by atoms with Crippen LogP contribution in [0.4, 0.5) is 0 Å². The molecule has 22 heavy (non-hydrogen) atoms. The van der Waals surface area contributed by atoms with Gasteiger partial charge in [0.2, 0.25) is 5.91 Å². The Hall–Kier alpha value is -0.650. The van der Waals surface area contributed by atoms with Crippen LogP contribution >= 0.6 is 0 Å². The predicted octanol–water partition coefficient (Wildman–Crippen LogP) is 1.37. The first-order valence-electron chi connectivity index (χ1n) is 8.71. The number of nitrogens with one attached hydrogen (secondary N) is 1. The van der Waals surface area contributed by atoms with Gasteiger partial charge in [-0.1, -0.05) is 6.92 Å². The van der Waals surface area contributed by atoms with Crippen molar-refractivity contribution in [2.45, 2.75) is 52.0 Å². The van der Waals surface area contributed by atoms with E-state index >= 15 is 0 Å². The largest absolute Gasteiger partial charge is 0.381 e. The average Bonchev–Trinajstić information content (AvgIpc) is 2.53. The van der Waals surface area contributed by atoms with Crippen molar-refractivity contribution in [2.24, 2.45) is 17.1 Å². The molecule has 2 fully saturated rings. The van der Waals surface area contributed by atoms with E-state index in [2.05, 4.69) is 31.0 Å². The lowest BCUT2D eigenvalue weighted by Gasteiger charge is -2.44. The second-order valence-corrected chi connectivity index (χ2v) is 7.79. The zero-order valence-corrected chi connectivity index (χ0v) is 14.5. The van der Waals surface area contributed by atoms with Crippen LogP contribution < -0.4 is 11.1 Å². The van der Waals surface area contributed by atoms with Crippen LogP contribution in [-0.2, 0) is 9.53 Å². The molecule has 2 saturated heterocycles. The molecule has 0 aromatic heterocycles. The fourth-order valence-corrected chi connectivity index (χ4v) is 3.62. The fraction of sp³-hybridized carbons (Fsp3) is 0.941. The Balaban J connectivity index is 1.91. The van der Waals surface area contributed by atoms with Crippen LogP contribution in [0.25, 0.3) is 0 Å². The molecular formula is C17H33N3O2. The zero-order chi connectivity index (χ0) is 16.2. The molecule has 1 amide bonds. The molecule has 0 bridgehead atoms. The third kappa shape index (κ3) is 4.00. The highest BCUT2D eigenvalue weighted by molar-refractivity contribution is 5.83. The van der Waals surface area contributed by atoms with Crippen molar-refractivity contribution >= 4 is 5.91 Å². The third-order valence-corrected chi connectivity index (χ3v) is 5.52. The lowest BCUT2D eigenvalue weighted by atomic mass is 9.79. The van der Waals surface area contributed by atoms with Gasteiger partial charge >= 0.3 is 0 Å². The topological polar surface area (TPSA) is 67.6 Å². The summed E-state index contributed by atoms with van der Waals surface area (Å²) in [6.07, 6.45) is 4.03. The molecule has 0 aromatic rings. The molecule has 1 atom stereocenters. The number of rotatable bonds is 5. The van der Waals surface area contributed by atoms with Crippen LogP contribution in [0, 0.1) is 11.3 Å². The van der Waals surface area contributed by atoms with Gasteiger partial charge in [-0.05, 0) is 52.0 Å². The second-order valence-electron chi connectivity index (χ2n) is 7.79. The highest BCUT2D eigenvalue weighted by atomic mass is 16.5. The smallest absolute Gasteiger partial charge is 0.227 e. The number of likely N-dealkylation sites (tertiary alicyclic amines) is 1. The number of hydrogen-bond acceptors (Lipinski definition) is 4. The number of piperidine rings is 1. The summed E-state index contributed by atoms with van der Waals surface area (Å²) in [6.45, 7) is 11.4. The van der Waals surface area contributed by atoms with E-state index < -0.39 is 5.41 Å². The predicted molar refractivity (Wildman–Crippen MR) is 88.6 cm³/mol. The van der Waals surface area contributed by atoms with Gasteiger partial charge in [-0.25, -0.2) is 0 Å². The van der Waals surface area contributed by atoms with Gasteiger partial charge in [-0.3, -0.25) is 9.69 Å². The Kier molecular flexibility index (Phi) is 5.86. The van der Waals surface area contributed by atoms with E-state index in [0.717, 1.165) is 31.8 Å². The van der Waals surface area contributed by atoms with E-state index in [-0.39, 0.29) is 11.4 Å². The molecule has 128 valence electrons. The molecule has 3 N–H and O–H groups in total. The minimum atomic E-state index is -0.427. The second kappa shape index (κ2) is 7.28. The molecule has 5 heteroatoms. The van der Waals surface area contributed by atoms with Crippen molar-refractivity contribution in [1.82, 2.24) is 10.2 Å². The summed E-state index contributed by atoms with van der Waals surface area (Å²) in [4.78, 5) is 15.2. The first kappa shape index (κ1) is 17.7. The van der Waals surface area contributed by atoms with Crippen LogP contribution in [0.2, 0.25) is 0 Å². The standard InChI is InChI=1S/C17H33N3O2/c1-14-5-4-8-20(11-14)16(2,3)13-19-15(21)17(12-18)6-9-22-10-7-17/h14H,4-13,18H2,1-3H3,(H,19,21). The summed E-state index contributed by atoms with van der Waals surface area (Å²) in [6, 6.07) is 0. The van der Waals surface area contributed by atoms with E-state index in [1.165, 1.54) is 12.8 Å². The van der Waals surface area contributed by atoms with Crippen molar-refractivity contribution in [3.63, 3.8) is 0 Å². The summed E-state index contributed by atoms with van der Waals surface area (Å²) in [7, 11) is 0. The minimum absolute atomic E-state index is 0.00864. The minimum Gasteiger partial charge on any atom is -0.381 e. The molecular weight excluding hydrogens is 278 g/mol. The number of nitrogens with two attached hydrogens (primary N) is 1. The van der Waals surface area contributed by atoms with Gasteiger partial charge in [0.15, 0.2) is 0 Å². The molecule has 0 saturated carbocycles. The maximum atomic E-state index is 12.7. The van der Waals surface area contributed by atoms with E-state index in [4.69, 9.17) is 10.5 Å². The molecule has 0 aliphatic carbocycles. The highest BCUT2D eigenvalue weighted by Gasteiger charge is 2.40. The quantitative estimate of drug-likeness (QED) is 0.805. The Morgan fingerprint density at radius 1 is 1.41 bits per heavy atom. The van der Waals surface area contributed by atoms with Crippen molar-refractivity contribution in [3.05, 3.63) is 0 Å². The Morgan fingerprint density at radius 3 is 2.68 bits per heavy atom. The van der Waals surface area contributed by atoms with Crippen LogP contribution in [-0.4, -0.2) is 55.7 Å². The molecule has 2 heterocycles. The molecule has 0 aromatic carbocycles. The number of nitrogens with zero attached hydrogens (tertiary/aromatic N) is 1. The van der Waals surface area contributed by atoms with Gasteiger partial charge < -0.3 is 15.8 Å². The third-order valence-electron chi connectivity index (χ3n) is 5.52. The van der Waals surface area contributed by atoms with Gasteiger partial charge in [0.25, 0.3) is 0 Å². The molecule has 0 radical (unpaired) electrons. The lowest BCUT2D eigenvalue weighted by molar-refractivity contribution is -0.136. The van der Waals surface area contributed by atoms with E-state index in [1.54, 1.807) is 0 Å². The first-order valence-corrected chi connectivity index (χ1v) is 8.71. The zero-order valence-electron chi connectivity index (χ0n) is 14.5. The molecule has 0 spiro atoms. The summed E-state index contributed by atoms with van der Waals surface area (Å²) in [5, 5.41) is 3.18. The van der Waals surface area contributed by atoms with E-state index in [1.807, 2.05) is 0 Å². The fourth-order valence-electron chi connectivity index (χ4n) is 3.62. The van der Waals surface area contributed by atoms with E-state index in [9.17, 15) is 4.79 Å². The van der Waals surface area contributed by atoms with Gasteiger partial charge in [-0.2, -0.15) is 0 Å². The Bertz CT molecular complexity index is 378. The summed E-state index contributed by atoms with van der Waals surface area (Å²) in [5.74, 6) is 0.853. The number of amides is 1. The van der Waals surface area contributed by atoms with Gasteiger partial charge in [-0.15, -0.1) is 0 Å². The maximum absolute atomic E-state index is 12.7. The van der Waals surface area contributed by atoms with Crippen LogP contribution in [0.15, 0.2) is 0 Å². The van der Waals surface area contributed by atoms with Crippen molar-refractivity contribution in [3.8, 4) is 0 Å². The Labute approximate surface area is 134 Å². The lowest BCUT2D eigenvalue weighted by Crippen LogP contribution is -2.57. The van der Waals surface area contributed by atoms with Crippen molar-refractivity contribution < 1.29 is 9.53 Å². The van der Waals surface area contributed by atoms with Gasteiger partial charge in [0, 0.05) is 38.4 Å². The molecule has 2 aliphatic rings. The number of ether oxygens (including phenoxy) is 1. The molecule has 2 rings (SSSR count). The Morgan fingerprint density at radius 2 is 2.09 bits per heavy atom. The first-order chi connectivity index (χ1) is 10.4. The number of hydrogen-bond donors (Lipinski definition) is 2. The molecule has 5 nitrogen and oxygen atoms in total. The van der Waals surface area contributed by atoms with Gasteiger partial charge in [0.1, 0.15) is 0 Å². The van der Waals surface area contributed by atoms with Crippen LogP contribution in [0.1, 0.15) is 46.5 Å². The maximum Gasteiger partial charge on any atom is 0.227 e. The number of carbonyl (C=O) groups is 1. The summed E-state index contributed by atoms with van der Waals surface area (Å²) in [5.41, 5.74) is 5.48. The van der Waals surface area contributed by atoms with Gasteiger partial charge in [0.05, 0.1) is 5.41 Å². The average molecular weight is 311 g/mol. The molecule has 2 aliphatic heterocycles. The monoisotopic (exact) mass is 311 g/mol. The van der Waals surface area contributed by atoms with Crippen molar-refractivity contribution in [1.29, 1.82) is 0 Å². The highest BCUT2D eigenvalue weighted by Crippen LogP contribution is 2.30. The number of carbonyl (C=O) groups excluding carboxylic acids is 1.